The molecule has 2 aromatic carbocycles. The standard InChI is InChI=1S/C22H26N4O3/c1-4-26-18-8-6-16(12-17(18)24-25-26)22(27)23-21(14(2)3)15-7-9-19-20(13-15)29-11-5-10-28-19/h6-9,12-14,21H,4-5,10-11H2,1-3H3,(H,23,27)/t21-/m0/s1. The van der Waals surface area contributed by atoms with Crippen molar-refractivity contribution in [2.45, 2.75) is 39.8 Å². The zero-order valence-corrected chi connectivity index (χ0v) is 17.0. The van der Waals surface area contributed by atoms with Crippen molar-refractivity contribution < 1.29 is 14.3 Å². The van der Waals surface area contributed by atoms with E-state index in [-0.39, 0.29) is 17.9 Å². The Bertz CT molecular complexity index is 1030. The molecule has 4 rings (SSSR count). The van der Waals surface area contributed by atoms with Crippen LogP contribution in [0, 0.1) is 5.92 Å². The van der Waals surface area contributed by atoms with Gasteiger partial charge < -0.3 is 14.8 Å². The second-order valence-electron chi connectivity index (χ2n) is 7.56. The number of benzene rings is 2. The monoisotopic (exact) mass is 394 g/mol. The molecule has 1 N–H and O–H groups in total. The van der Waals surface area contributed by atoms with E-state index >= 15 is 0 Å². The number of nitrogens with one attached hydrogen (secondary N) is 1. The van der Waals surface area contributed by atoms with E-state index in [0.717, 1.165) is 41.1 Å². The van der Waals surface area contributed by atoms with E-state index in [1.54, 1.807) is 6.07 Å². The van der Waals surface area contributed by atoms with Crippen LogP contribution in [0.15, 0.2) is 36.4 Å². The molecular formula is C22H26N4O3. The summed E-state index contributed by atoms with van der Waals surface area (Å²) in [6, 6.07) is 11.2. The zero-order chi connectivity index (χ0) is 20.4. The van der Waals surface area contributed by atoms with Gasteiger partial charge in [-0.2, -0.15) is 0 Å². The van der Waals surface area contributed by atoms with Crippen molar-refractivity contribution in [1.29, 1.82) is 0 Å². The van der Waals surface area contributed by atoms with Crippen molar-refractivity contribution >= 4 is 16.9 Å². The van der Waals surface area contributed by atoms with E-state index in [2.05, 4.69) is 29.5 Å². The highest BCUT2D eigenvalue weighted by Gasteiger charge is 2.22. The van der Waals surface area contributed by atoms with Gasteiger partial charge in [0, 0.05) is 18.5 Å². The highest BCUT2D eigenvalue weighted by Crippen LogP contribution is 2.34. The first-order valence-electron chi connectivity index (χ1n) is 10.1. The molecule has 7 heteroatoms. The summed E-state index contributed by atoms with van der Waals surface area (Å²) in [5.74, 6) is 1.55. The van der Waals surface area contributed by atoms with E-state index < -0.39 is 0 Å². The largest absolute Gasteiger partial charge is 0.490 e. The van der Waals surface area contributed by atoms with Crippen LogP contribution in [0.1, 0.15) is 49.2 Å². The molecule has 0 radical (unpaired) electrons. The van der Waals surface area contributed by atoms with Crippen LogP contribution in [0.4, 0.5) is 0 Å². The molecular weight excluding hydrogens is 368 g/mol. The van der Waals surface area contributed by atoms with Crippen LogP contribution in [0.3, 0.4) is 0 Å². The number of amides is 1. The van der Waals surface area contributed by atoms with Crippen LogP contribution in [-0.4, -0.2) is 34.1 Å². The van der Waals surface area contributed by atoms with Gasteiger partial charge in [-0.25, -0.2) is 4.68 Å². The minimum Gasteiger partial charge on any atom is -0.490 e. The van der Waals surface area contributed by atoms with Gasteiger partial charge in [-0.3, -0.25) is 4.79 Å². The van der Waals surface area contributed by atoms with Crippen LogP contribution in [0.5, 0.6) is 11.5 Å². The molecule has 3 aromatic rings. The summed E-state index contributed by atoms with van der Waals surface area (Å²) in [5, 5.41) is 11.4. The molecule has 29 heavy (non-hydrogen) atoms. The molecule has 1 atom stereocenters. The minimum absolute atomic E-state index is 0.135. The summed E-state index contributed by atoms with van der Waals surface area (Å²) in [7, 11) is 0. The Labute approximate surface area is 170 Å². The summed E-state index contributed by atoms with van der Waals surface area (Å²) in [6.07, 6.45) is 0.861. The predicted molar refractivity (Wildman–Crippen MR) is 110 cm³/mol. The topological polar surface area (TPSA) is 78.3 Å². The van der Waals surface area contributed by atoms with Gasteiger partial charge in [0.15, 0.2) is 11.5 Å². The molecule has 0 spiro atoms. The van der Waals surface area contributed by atoms with Crippen molar-refractivity contribution in [3.8, 4) is 11.5 Å². The van der Waals surface area contributed by atoms with Crippen molar-refractivity contribution in [2.24, 2.45) is 5.92 Å². The first kappa shape index (κ1) is 19.2. The van der Waals surface area contributed by atoms with E-state index in [4.69, 9.17) is 9.47 Å². The average molecular weight is 394 g/mol. The van der Waals surface area contributed by atoms with E-state index in [1.165, 1.54) is 0 Å². The Morgan fingerprint density at radius 2 is 1.93 bits per heavy atom. The molecule has 1 aliphatic heterocycles. The summed E-state index contributed by atoms with van der Waals surface area (Å²) in [4.78, 5) is 13.0. The Morgan fingerprint density at radius 3 is 2.69 bits per heavy atom. The van der Waals surface area contributed by atoms with Gasteiger partial charge >= 0.3 is 0 Å². The van der Waals surface area contributed by atoms with Gasteiger partial charge in [0.05, 0.1) is 24.8 Å². The lowest BCUT2D eigenvalue weighted by atomic mass is 9.95. The molecule has 0 unspecified atom stereocenters. The second-order valence-corrected chi connectivity index (χ2v) is 7.56. The minimum atomic E-state index is -0.151. The summed E-state index contributed by atoms with van der Waals surface area (Å²) in [5.41, 5.74) is 3.21. The summed E-state index contributed by atoms with van der Waals surface area (Å²) >= 11 is 0. The lowest BCUT2D eigenvalue weighted by Crippen LogP contribution is -2.31. The number of carbonyl (C=O) groups is 1. The van der Waals surface area contributed by atoms with Gasteiger partial charge in [-0.05, 0) is 48.7 Å². The van der Waals surface area contributed by atoms with E-state index in [1.807, 2.05) is 41.9 Å². The lowest BCUT2D eigenvalue weighted by Gasteiger charge is -2.24. The molecule has 0 fully saturated rings. The molecule has 0 bridgehead atoms. The number of nitrogens with zero attached hydrogens (tertiary/aromatic N) is 3. The number of aromatic nitrogens is 3. The van der Waals surface area contributed by atoms with Crippen LogP contribution < -0.4 is 14.8 Å². The van der Waals surface area contributed by atoms with Gasteiger partial charge in [0.25, 0.3) is 5.91 Å². The number of ether oxygens (including phenoxy) is 2. The number of aryl methyl sites for hydroxylation is 1. The Balaban J connectivity index is 1.58. The third-order valence-electron chi connectivity index (χ3n) is 5.16. The number of rotatable bonds is 5. The molecule has 7 nitrogen and oxygen atoms in total. The Morgan fingerprint density at radius 1 is 1.14 bits per heavy atom. The van der Waals surface area contributed by atoms with Crippen LogP contribution in [0.25, 0.3) is 11.0 Å². The van der Waals surface area contributed by atoms with Crippen molar-refractivity contribution in [1.82, 2.24) is 20.3 Å². The van der Waals surface area contributed by atoms with E-state index in [9.17, 15) is 4.79 Å². The molecule has 1 amide bonds. The first-order valence-corrected chi connectivity index (χ1v) is 10.1. The fourth-order valence-corrected chi connectivity index (χ4v) is 3.58. The normalized spacial score (nSPS) is 14.6. The third kappa shape index (κ3) is 3.90. The highest BCUT2D eigenvalue weighted by atomic mass is 16.5. The smallest absolute Gasteiger partial charge is 0.251 e. The molecule has 0 aliphatic carbocycles. The van der Waals surface area contributed by atoms with Crippen LogP contribution >= 0.6 is 0 Å². The maximum atomic E-state index is 13.0. The fraction of sp³-hybridized carbons (Fsp3) is 0.409. The number of hydrogen-bond donors (Lipinski definition) is 1. The van der Waals surface area contributed by atoms with E-state index in [0.29, 0.717) is 18.8 Å². The third-order valence-corrected chi connectivity index (χ3v) is 5.16. The molecule has 1 aromatic heterocycles. The molecule has 2 heterocycles. The Kier molecular flexibility index (Phi) is 5.38. The van der Waals surface area contributed by atoms with Crippen molar-refractivity contribution in [2.75, 3.05) is 13.2 Å². The number of hydrogen-bond acceptors (Lipinski definition) is 5. The van der Waals surface area contributed by atoms with Gasteiger partial charge in [-0.15, -0.1) is 5.10 Å². The van der Waals surface area contributed by atoms with Crippen molar-refractivity contribution in [3.63, 3.8) is 0 Å². The molecule has 0 saturated carbocycles. The van der Waals surface area contributed by atoms with Crippen molar-refractivity contribution in [3.05, 3.63) is 47.5 Å². The van der Waals surface area contributed by atoms with Crippen LogP contribution in [0.2, 0.25) is 0 Å². The SMILES string of the molecule is CCn1nnc2cc(C(=O)N[C@H](c3ccc4c(c3)OCCCO4)C(C)C)ccc21. The number of carbonyl (C=O) groups excluding carboxylic acids is 1. The average Bonchev–Trinajstić information content (AvgIpc) is 2.99. The zero-order valence-electron chi connectivity index (χ0n) is 17.0. The molecule has 152 valence electrons. The summed E-state index contributed by atoms with van der Waals surface area (Å²) in [6.45, 7) is 8.21. The van der Waals surface area contributed by atoms with Gasteiger partial charge in [0.1, 0.15) is 5.52 Å². The lowest BCUT2D eigenvalue weighted by molar-refractivity contribution is 0.0925. The maximum absolute atomic E-state index is 13.0. The molecule has 1 aliphatic rings. The van der Waals surface area contributed by atoms with Gasteiger partial charge in [0.2, 0.25) is 0 Å². The summed E-state index contributed by atoms with van der Waals surface area (Å²) < 4.78 is 13.3. The highest BCUT2D eigenvalue weighted by molar-refractivity contribution is 5.97. The maximum Gasteiger partial charge on any atom is 0.251 e. The quantitative estimate of drug-likeness (QED) is 0.713. The number of fused-ring (bicyclic) bond motifs is 2. The Hall–Kier alpha value is -3.09. The second kappa shape index (κ2) is 8.11. The predicted octanol–water partition coefficient (Wildman–Crippen LogP) is 3.74. The van der Waals surface area contributed by atoms with Crippen LogP contribution in [-0.2, 0) is 6.54 Å². The first-order chi connectivity index (χ1) is 14.1. The van der Waals surface area contributed by atoms with Gasteiger partial charge in [-0.1, -0.05) is 25.1 Å². The molecule has 0 saturated heterocycles. The fourth-order valence-electron chi connectivity index (χ4n) is 3.58.